The van der Waals surface area contributed by atoms with E-state index >= 15 is 0 Å². The van der Waals surface area contributed by atoms with Gasteiger partial charge in [0, 0.05) is 55.1 Å². The van der Waals surface area contributed by atoms with Crippen LogP contribution in [0.3, 0.4) is 0 Å². The number of hydrogen-bond acceptors (Lipinski definition) is 16. The molecule has 4 saturated heterocycles. The molecule has 8 saturated carbocycles. The lowest BCUT2D eigenvalue weighted by atomic mass is 9.70. The van der Waals surface area contributed by atoms with Gasteiger partial charge in [0.1, 0.15) is 12.5 Å². The Morgan fingerprint density at radius 1 is 0.487 bits per heavy atom. The second-order valence-corrected chi connectivity index (χ2v) is 31.0. The average molecular weight is 1160 g/mol. The van der Waals surface area contributed by atoms with Crippen molar-refractivity contribution in [2.45, 2.75) is 302 Å². The van der Waals surface area contributed by atoms with Crippen LogP contribution in [0, 0.1) is 59.2 Å². The van der Waals surface area contributed by atoms with Crippen molar-refractivity contribution in [1.82, 2.24) is 31.9 Å². The molecule has 80 heavy (non-hydrogen) atoms. The minimum Gasteiger partial charge on any atom is -0.378 e. The molecule has 0 bridgehead atoms. The normalized spacial score (nSPS) is 46.9. The molecule has 12 aliphatic rings. The van der Waals surface area contributed by atoms with Crippen LogP contribution in [0.4, 0.5) is 0 Å². The van der Waals surface area contributed by atoms with Crippen LogP contribution in [-0.4, -0.2) is 116 Å². The Hall–Kier alpha value is -0.520. The first-order valence-corrected chi connectivity index (χ1v) is 35.8. The van der Waals surface area contributed by atoms with E-state index in [0.717, 1.165) is 150 Å². The fourth-order valence-electron chi connectivity index (χ4n) is 19.0. The third-order valence-corrected chi connectivity index (χ3v) is 25.5. The van der Waals surface area contributed by atoms with Gasteiger partial charge in [-0.25, -0.2) is 5.26 Å². The van der Waals surface area contributed by atoms with Crippen LogP contribution >= 0.6 is 12.0 Å². The lowest BCUT2D eigenvalue weighted by Crippen LogP contribution is -2.65. The van der Waals surface area contributed by atoms with Crippen molar-refractivity contribution in [3.05, 3.63) is 12.2 Å². The molecule has 24 atom stereocenters. The van der Waals surface area contributed by atoms with Gasteiger partial charge in [-0.1, -0.05) is 107 Å². The standard InChI is InChI=1S/C62H106N6O10S2/c69-77-78-79-55-31-49(63-59-35-61(75-51-25-21-39-9-1-3-11-43(39)27-51)67-57(65-59)33-53-29-45-13-5-7-15-47(45)37-73-53)23-19-41(55)17-18-42-20-24-50(32-56(42)80(70,71)72)64-60-36-62(76-52-26-22-40-10-2-4-12-44(40)28-52)68-58(66-60)34-54-30-46-14-6-8-16-48(46)38-74-54/h17-18,39-69H,1-16,19-38H2,(H,70,71,72). The van der Waals surface area contributed by atoms with Crippen molar-refractivity contribution in [3.8, 4) is 0 Å². The van der Waals surface area contributed by atoms with Crippen molar-refractivity contribution in [1.29, 1.82) is 0 Å². The van der Waals surface area contributed by atoms with Gasteiger partial charge in [-0.2, -0.15) is 8.42 Å². The van der Waals surface area contributed by atoms with Crippen LogP contribution in [0.25, 0.3) is 0 Å². The topological polar surface area (TPSA) is 202 Å². The third-order valence-electron chi connectivity index (χ3n) is 23.3. The van der Waals surface area contributed by atoms with Gasteiger partial charge < -0.3 is 18.9 Å². The van der Waals surface area contributed by atoms with Crippen molar-refractivity contribution >= 4 is 22.2 Å². The van der Waals surface area contributed by atoms with Crippen LogP contribution in [-0.2, 0) is 38.4 Å². The third kappa shape index (κ3) is 16.0. The first kappa shape index (κ1) is 59.8. The summed E-state index contributed by atoms with van der Waals surface area (Å²) in [6, 6.07) is 0.0871. The SMILES string of the molecule is O=S(=O)(O)C1CC(NC2CC(OC3CCC4CCCCC4C3)NC(CC3CC4CCCCC4CO3)N2)CCC1C=CC1CCC(NC2CC(OC3CCC4CCCCC4C3)NC(CC3CC4CCCCC4CO3)N2)CC1SOOO. The summed E-state index contributed by atoms with van der Waals surface area (Å²) in [6.45, 7) is 1.77. The molecule has 16 nitrogen and oxygen atoms in total. The summed E-state index contributed by atoms with van der Waals surface area (Å²) in [4.78, 5) is 0. The summed E-state index contributed by atoms with van der Waals surface area (Å²) < 4.78 is 70.1. The van der Waals surface area contributed by atoms with Gasteiger partial charge in [0.05, 0.1) is 67.5 Å². The van der Waals surface area contributed by atoms with E-state index in [0.29, 0.717) is 24.9 Å². The summed E-state index contributed by atoms with van der Waals surface area (Å²) in [6.07, 6.45) is 43.8. The first-order chi connectivity index (χ1) is 39.1. The van der Waals surface area contributed by atoms with E-state index in [2.05, 4.69) is 49.1 Å². The van der Waals surface area contributed by atoms with Crippen LogP contribution < -0.4 is 31.9 Å². The molecule has 24 unspecified atom stereocenters. The predicted molar refractivity (Wildman–Crippen MR) is 311 cm³/mol. The molecule has 456 valence electrons. The highest BCUT2D eigenvalue weighted by atomic mass is 32.2. The zero-order valence-electron chi connectivity index (χ0n) is 48.4. The second-order valence-electron chi connectivity index (χ2n) is 28.4. The predicted octanol–water partition coefficient (Wildman–Crippen LogP) is 10.6. The van der Waals surface area contributed by atoms with Gasteiger partial charge >= 0.3 is 0 Å². The van der Waals surface area contributed by atoms with Crippen molar-refractivity contribution in [2.75, 3.05) is 13.2 Å². The molecule has 0 amide bonds. The summed E-state index contributed by atoms with van der Waals surface area (Å²) in [7, 11) is -4.36. The minimum atomic E-state index is -4.36. The molecule has 12 fully saturated rings. The Balaban J connectivity index is 0.665. The fraction of sp³-hybridized carbons (Fsp3) is 0.968. The van der Waals surface area contributed by atoms with Gasteiger partial charge in [-0.3, -0.25) is 36.5 Å². The van der Waals surface area contributed by atoms with E-state index in [1.54, 1.807) is 0 Å². The van der Waals surface area contributed by atoms with Crippen LogP contribution in [0.5, 0.6) is 0 Å². The molecule has 0 aromatic carbocycles. The van der Waals surface area contributed by atoms with Gasteiger partial charge in [-0.15, -0.1) is 4.33 Å². The van der Waals surface area contributed by atoms with Crippen molar-refractivity contribution < 1.29 is 46.5 Å². The Morgan fingerprint density at radius 2 is 0.938 bits per heavy atom. The Labute approximate surface area is 485 Å². The molecule has 8 N–H and O–H groups in total. The first-order valence-electron chi connectivity index (χ1n) is 33.5. The van der Waals surface area contributed by atoms with E-state index in [4.69, 9.17) is 23.3 Å². The summed E-state index contributed by atoms with van der Waals surface area (Å²) >= 11 is 1.14. The lowest BCUT2D eigenvalue weighted by molar-refractivity contribution is -0.432. The fourth-order valence-corrected chi connectivity index (χ4v) is 21.0. The zero-order chi connectivity index (χ0) is 54.4. The van der Waals surface area contributed by atoms with E-state index in [9.17, 15) is 18.2 Å². The van der Waals surface area contributed by atoms with Gasteiger partial charge in [0.25, 0.3) is 10.1 Å². The van der Waals surface area contributed by atoms with E-state index < -0.39 is 15.4 Å². The van der Waals surface area contributed by atoms with Gasteiger partial charge in [-0.05, 0) is 162 Å². The molecule has 12 rings (SSSR count). The van der Waals surface area contributed by atoms with Gasteiger partial charge in [0.15, 0.2) is 0 Å². The number of nitrogens with one attached hydrogen (secondary N) is 6. The molecule has 0 aromatic heterocycles. The minimum absolute atomic E-state index is 0.00987. The maximum absolute atomic E-state index is 13.4. The molecule has 4 aliphatic heterocycles. The maximum atomic E-state index is 13.4. The van der Waals surface area contributed by atoms with Crippen molar-refractivity contribution in [3.63, 3.8) is 0 Å². The Kier molecular flexibility index (Phi) is 21.3. The van der Waals surface area contributed by atoms with Crippen LogP contribution in [0.1, 0.15) is 218 Å². The molecule has 4 heterocycles. The largest absolute Gasteiger partial charge is 0.378 e. The Bertz CT molecular complexity index is 1980. The summed E-state index contributed by atoms with van der Waals surface area (Å²) in [5, 5.41) is 36.2. The summed E-state index contributed by atoms with van der Waals surface area (Å²) in [5.74, 6) is 6.03. The quantitative estimate of drug-likeness (QED) is 0.0212. The Morgan fingerprint density at radius 3 is 1.44 bits per heavy atom. The zero-order valence-corrected chi connectivity index (χ0v) is 50.1. The molecular formula is C62H106N6O10S2. The highest BCUT2D eigenvalue weighted by Gasteiger charge is 2.44. The number of hydrogen-bond donors (Lipinski definition) is 8. The highest BCUT2D eigenvalue weighted by Crippen LogP contribution is 2.45. The second kappa shape index (κ2) is 28.5. The molecule has 0 spiro atoms. The van der Waals surface area contributed by atoms with Gasteiger partial charge in [0.2, 0.25) is 0 Å². The van der Waals surface area contributed by atoms with Crippen LogP contribution in [0.15, 0.2) is 12.2 Å². The number of ether oxygens (including phenoxy) is 4. The van der Waals surface area contributed by atoms with Crippen molar-refractivity contribution in [2.24, 2.45) is 59.2 Å². The van der Waals surface area contributed by atoms with E-state index in [1.165, 1.54) is 122 Å². The molecule has 0 aromatic rings. The molecule has 18 heteroatoms. The number of allylic oxidation sites excluding steroid dienone is 2. The average Bonchev–Trinajstić information content (AvgIpc) is 3.46. The molecular weight excluding hydrogens is 1050 g/mol. The van der Waals surface area contributed by atoms with Crippen LogP contribution in [0.2, 0.25) is 0 Å². The monoisotopic (exact) mass is 1160 g/mol. The van der Waals surface area contributed by atoms with E-state index in [-0.39, 0.29) is 84.6 Å². The lowest BCUT2D eigenvalue weighted by Gasteiger charge is -2.46. The highest BCUT2D eigenvalue weighted by molar-refractivity contribution is 7.95. The molecule has 0 radical (unpaired) electrons. The number of fused-ring (bicyclic) bond motifs is 4. The maximum Gasteiger partial charge on any atom is 0.268 e. The molecule has 8 aliphatic carbocycles. The number of rotatable bonds is 18. The smallest absolute Gasteiger partial charge is 0.268 e. The van der Waals surface area contributed by atoms with E-state index in [1.807, 2.05) is 0 Å². The summed E-state index contributed by atoms with van der Waals surface area (Å²) in [5.41, 5.74) is 0.